The molecular weight excluding hydrogens is 503 g/mol. The molecule has 3 heterocycles. The van der Waals surface area contributed by atoms with E-state index in [2.05, 4.69) is 25.6 Å². The Kier molecular flexibility index (Phi) is 7.91. The monoisotopic (exact) mass is 529 g/mol. The molecule has 0 bridgehead atoms. The van der Waals surface area contributed by atoms with Crippen LogP contribution in [0.25, 0.3) is 0 Å². The predicted molar refractivity (Wildman–Crippen MR) is 131 cm³/mol. The highest BCUT2D eigenvalue weighted by Crippen LogP contribution is 2.37. The van der Waals surface area contributed by atoms with Gasteiger partial charge in [0.05, 0.1) is 60.1 Å². The molecule has 9 nitrogen and oxygen atoms in total. The van der Waals surface area contributed by atoms with Gasteiger partial charge in [-0.1, -0.05) is 11.6 Å². The molecule has 0 spiro atoms. The van der Waals surface area contributed by atoms with Gasteiger partial charge < -0.3 is 20.1 Å². The molecule has 1 atom stereocenters. The van der Waals surface area contributed by atoms with E-state index in [-0.39, 0.29) is 48.5 Å². The molecule has 1 fully saturated rings. The number of nitrogens with one attached hydrogen (secondary N) is 2. The fourth-order valence-corrected chi connectivity index (χ4v) is 4.10. The minimum absolute atomic E-state index is 0.0685. The maximum absolute atomic E-state index is 13.4. The molecule has 38 heavy (non-hydrogen) atoms. The normalized spacial score (nSPS) is 17.2. The number of halogens is 3. The number of alkyl halides is 3. The first kappa shape index (κ1) is 27.0. The smallest absolute Gasteiger partial charge is 0.418 e. The van der Waals surface area contributed by atoms with Crippen molar-refractivity contribution in [1.82, 2.24) is 20.3 Å². The van der Waals surface area contributed by atoms with E-state index in [0.29, 0.717) is 30.0 Å². The lowest BCUT2D eigenvalue weighted by Gasteiger charge is -2.25. The zero-order chi connectivity index (χ0) is 27.3. The van der Waals surface area contributed by atoms with Crippen LogP contribution in [0.1, 0.15) is 40.0 Å². The van der Waals surface area contributed by atoms with E-state index in [1.54, 1.807) is 25.1 Å². The molecule has 0 saturated carbocycles. The van der Waals surface area contributed by atoms with E-state index in [9.17, 15) is 22.8 Å². The summed E-state index contributed by atoms with van der Waals surface area (Å²) in [4.78, 5) is 38.1. The average Bonchev–Trinajstić information content (AvgIpc) is 3.38. The van der Waals surface area contributed by atoms with E-state index in [1.165, 1.54) is 31.8 Å². The summed E-state index contributed by atoms with van der Waals surface area (Å²) in [6.45, 7) is 2.10. The molecule has 3 aromatic rings. The number of aryl methyl sites for hydroxylation is 1. The Labute approximate surface area is 216 Å². The number of amides is 1. The van der Waals surface area contributed by atoms with Crippen molar-refractivity contribution >= 4 is 23.1 Å². The number of carbonyl (C=O) groups is 2. The van der Waals surface area contributed by atoms with E-state index >= 15 is 0 Å². The summed E-state index contributed by atoms with van der Waals surface area (Å²) in [6.07, 6.45) is -0.123. The molecular formula is C26H26F3N5O4. The Hall–Kier alpha value is -4.06. The number of Topliss-reactive ketones (excluding diaryl/α,β-unsaturated/α-hetero) is 1. The van der Waals surface area contributed by atoms with Gasteiger partial charge in [0.1, 0.15) is 0 Å². The first-order valence-corrected chi connectivity index (χ1v) is 11.7. The van der Waals surface area contributed by atoms with Gasteiger partial charge in [-0.05, 0) is 37.6 Å². The number of hydrogen-bond acceptors (Lipinski definition) is 8. The second kappa shape index (κ2) is 11.1. The van der Waals surface area contributed by atoms with Gasteiger partial charge in [-0.3, -0.25) is 14.6 Å². The minimum atomic E-state index is -4.51. The van der Waals surface area contributed by atoms with Gasteiger partial charge in [-0.2, -0.15) is 13.2 Å². The number of rotatable bonds is 9. The second-order valence-corrected chi connectivity index (χ2v) is 9.03. The quantitative estimate of drug-likeness (QED) is 0.396. The van der Waals surface area contributed by atoms with Crippen LogP contribution in [-0.2, 0) is 22.3 Å². The van der Waals surface area contributed by atoms with Crippen LogP contribution in [0.3, 0.4) is 0 Å². The topological polar surface area (TPSA) is 115 Å². The first-order chi connectivity index (χ1) is 18.1. The van der Waals surface area contributed by atoms with Gasteiger partial charge in [-0.25, -0.2) is 9.97 Å². The highest BCUT2D eigenvalue weighted by Gasteiger charge is 2.44. The van der Waals surface area contributed by atoms with E-state index < -0.39 is 17.2 Å². The van der Waals surface area contributed by atoms with Crippen LogP contribution in [0.4, 0.5) is 24.5 Å². The van der Waals surface area contributed by atoms with Crippen molar-refractivity contribution in [2.24, 2.45) is 5.41 Å². The summed E-state index contributed by atoms with van der Waals surface area (Å²) in [5.74, 6) is -0.646. The maximum Gasteiger partial charge on any atom is 0.418 e. The molecule has 1 aliphatic heterocycles. The highest BCUT2D eigenvalue weighted by molar-refractivity contribution is 5.99. The van der Waals surface area contributed by atoms with Crippen molar-refractivity contribution in [3.05, 3.63) is 71.3 Å². The molecule has 1 aromatic carbocycles. The van der Waals surface area contributed by atoms with Crippen LogP contribution in [0.2, 0.25) is 0 Å². The molecule has 2 aromatic heterocycles. The molecule has 4 rings (SSSR count). The van der Waals surface area contributed by atoms with E-state index in [0.717, 1.165) is 6.07 Å². The number of carbonyl (C=O) groups excluding carboxylic acids is 2. The lowest BCUT2D eigenvalue weighted by atomic mass is 9.80. The van der Waals surface area contributed by atoms with Crippen molar-refractivity contribution < 1.29 is 32.2 Å². The van der Waals surface area contributed by atoms with Gasteiger partial charge in [-0.15, -0.1) is 0 Å². The van der Waals surface area contributed by atoms with Crippen LogP contribution in [-0.4, -0.2) is 47.0 Å². The number of nitrogens with zero attached hydrogens (tertiary/aromatic N) is 3. The van der Waals surface area contributed by atoms with Crippen LogP contribution >= 0.6 is 0 Å². The fourth-order valence-electron chi connectivity index (χ4n) is 4.10. The van der Waals surface area contributed by atoms with Gasteiger partial charge in [0.25, 0.3) is 0 Å². The Bertz CT molecular complexity index is 1290. The van der Waals surface area contributed by atoms with Gasteiger partial charge in [0, 0.05) is 25.4 Å². The van der Waals surface area contributed by atoms with Crippen molar-refractivity contribution in [3.63, 3.8) is 0 Å². The number of pyridine rings is 1. The minimum Gasteiger partial charge on any atom is -0.467 e. The van der Waals surface area contributed by atoms with E-state index in [1.807, 2.05) is 0 Å². The van der Waals surface area contributed by atoms with Crippen LogP contribution in [0.15, 0.2) is 48.9 Å². The molecule has 1 aliphatic rings. The number of ketones is 1. The highest BCUT2D eigenvalue weighted by atomic mass is 19.4. The Morgan fingerprint density at radius 3 is 2.47 bits per heavy atom. The van der Waals surface area contributed by atoms with Gasteiger partial charge >= 0.3 is 12.2 Å². The number of benzene rings is 1. The Morgan fingerprint density at radius 1 is 1.11 bits per heavy atom. The Balaban J connectivity index is 1.39. The molecule has 1 amide bonds. The van der Waals surface area contributed by atoms with Gasteiger partial charge in [0.15, 0.2) is 5.78 Å². The number of anilines is 2. The maximum atomic E-state index is 13.4. The molecule has 0 radical (unpaired) electrons. The summed E-state index contributed by atoms with van der Waals surface area (Å²) in [7, 11) is 1.42. The molecule has 2 N–H and O–H groups in total. The molecule has 1 saturated heterocycles. The van der Waals surface area contributed by atoms with Crippen LogP contribution in [0.5, 0.6) is 6.01 Å². The summed E-state index contributed by atoms with van der Waals surface area (Å²) in [5.41, 5.74) is -0.281. The van der Waals surface area contributed by atoms with Crippen molar-refractivity contribution in [2.45, 2.75) is 32.5 Å². The zero-order valence-corrected chi connectivity index (χ0v) is 20.8. The molecule has 12 heteroatoms. The largest absolute Gasteiger partial charge is 0.467 e. The summed E-state index contributed by atoms with van der Waals surface area (Å²) in [6, 6.07) is 7.34. The lowest BCUT2D eigenvalue weighted by molar-refractivity contribution is -0.137. The van der Waals surface area contributed by atoms with Crippen molar-refractivity contribution in [2.75, 3.05) is 25.6 Å². The second-order valence-electron chi connectivity index (χ2n) is 9.03. The summed E-state index contributed by atoms with van der Waals surface area (Å²) >= 11 is 0. The number of ether oxygens (including phenoxy) is 2. The average molecular weight is 530 g/mol. The van der Waals surface area contributed by atoms with Crippen molar-refractivity contribution in [1.29, 1.82) is 0 Å². The summed E-state index contributed by atoms with van der Waals surface area (Å²) < 4.78 is 50.6. The number of hydrogen-bond donors (Lipinski definition) is 2. The van der Waals surface area contributed by atoms with Crippen molar-refractivity contribution in [3.8, 4) is 6.01 Å². The number of aromatic nitrogens is 3. The zero-order valence-electron chi connectivity index (χ0n) is 20.8. The third-order valence-electron chi connectivity index (χ3n) is 6.23. The Morgan fingerprint density at radius 2 is 1.87 bits per heavy atom. The molecule has 0 aliphatic carbocycles. The first-order valence-electron chi connectivity index (χ1n) is 11.7. The standard InChI is InChI=1S/C26H26F3N5O4/c1-16-3-6-21(20(9-16)26(27,28)29)34-19-5-4-18(30-14-19)13-31-23(36)25(7-8-38-15-25)10-22(35)17-11-32-24(37-2)33-12-17/h3-6,9,11-12,14,34H,7-8,10,13,15H2,1-2H3,(H,31,36)/t25-/m0/s1. The summed E-state index contributed by atoms with van der Waals surface area (Å²) in [5, 5.41) is 5.56. The van der Waals surface area contributed by atoms with Gasteiger partial charge in [0.2, 0.25) is 5.91 Å². The van der Waals surface area contributed by atoms with Crippen LogP contribution < -0.4 is 15.4 Å². The third kappa shape index (κ3) is 6.25. The SMILES string of the molecule is COc1ncc(C(=O)C[C@@]2(C(=O)NCc3ccc(Nc4ccc(C)cc4C(F)(F)F)cn3)CCOC2)cn1. The number of methoxy groups -OCH3 is 1. The molecule has 200 valence electrons. The van der Waals surface area contributed by atoms with E-state index in [4.69, 9.17) is 9.47 Å². The molecule has 0 unspecified atom stereocenters. The lowest BCUT2D eigenvalue weighted by Crippen LogP contribution is -2.42. The fraction of sp³-hybridized carbons (Fsp3) is 0.346. The predicted octanol–water partition coefficient (Wildman–Crippen LogP) is 4.25. The van der Waals surface area contributed by atoms with Crippen LogP contribution in [0, 0.1) is 12.3 Å². The third-order valence-corrected chi connectivity index (χ3v) is 6.23.